The quantitative estimate of drug-likeness (QED) is 0.423. The van der Waals surface area contributed by atoms with Crippen molar-refractivity contribution >= 4 is 44.0 Å². The Kier molecular flexibility index (Phi) is 5.16. The minimum Gasteiger partial charge on any atom is -0.506 e. The van der Waals surface area contributed by atoms with Crippen molar-refractivity contribution in [3.05, 3.63) is 48.5 Å². The van der Waals surface area contributed by atoms with Crippen LogP contribution in [0.3, 0.4) is 0 Å². The fraction of sp³-hybridized carbons (Fsp3) is 0.0769. The summed E-state index contributed by atoms with van der Waals surface area (Å²) in [6, 6.07) is 2.82. The number of amides is 1. The first-order chi connectivity index (χ1) is 10.8. The molecular weight excluding hydrogens is 436 g/mol. The number of H-pyrrole nitrogens is 1. The van der Waals surface area contributed by atoms with Crippen LogP contribution in [-0.2, 0) is 0 Å². The van der Waals surface area contributed by atoms with Gasteiger partial charge < -0.3 is 15.2 Å². The van der Waals surface area contributed by atoms with E-state index in [1.54, 1.807) is 6.92 Å². The van der Waals surface area contributed by atoms with Crippen molar-refractivity contribution in [3.8, 4) is 11.5 Å². The average Bonchev–Trinajstić information content (AvgIpc) is 2.49. The highest BCUT2D eigenvalue weighted by Crippen LogP contribution is 2.40. The highest BCUT2D eigenvalue weighted by atomic mass is 79.9. The van der Waals surface area contributed by atoms with Crippen molar-refractivity contribution in [1.29, 1.82) is 0 Å². The Balaban J connectivity index is 2.19. The normalized spacial score (nSPS) is 10.9. The van der Waals surface area contributed by atoms with Crippen LogP contribution in [0.25, 0.3) is 0 Å². The van der Waals surface area contributed by atoms with Crippen LogP contribution in [-0.4, -0.2) is 32.3 Å². The molecule has 1 aromatic carbocycles. The summed E-state index contributed by atoms with van der Waals surface area (Å²) < 4.78 is 0.424. The molecule has 0 saturated heterocycles. The van der Waals surface area contributed by atoms with Crippen LogP contribution < -0.4 is 11.1 Å². The lowest BCUT2D eigenvalue weighted by Gasteiger charge is -2.06. The smallest absolute Gasteiger partial charge is 0.345 e. The summed E-state index contributed by atoms with van der Waals surface area (Å²) in [5.74, 6) is -1.08. The molecule has 0 atom stereocenters. The maximum atomic E-state index is 11.9. The van der Waals surface area contributed by atoms with E-state index in [1.165, 1.54) is 18.3 Å². The lowest BCUT2D eigenvalue weighted by Crippen LogP contribution is -2.24. The number of hydrazone groups is 1. The number of aromatic amines is 1. The summed E-state index contributed by atoms with van der Waals surface area (Å²) >= 11 is 6.14. The van der Waals surface area contributed by atoms with Crippen molar-refractivity contribution < 1.29 is 15.0 Å². The van der Waals surface area contributed by atoms with Crippen molar-refractivity contribution in [2.75, 3.05) is 0 Å². The molecule has 0 spiro atoms. The number of nitrogens with one attached hydrogen (secondary N) is 2. The minimum absolute atomic E-state index is 0.0827. The van der Waals surface area contributed by atoms with Gasteiger partial charge >= 0.3 is 5.69 Å². The topological polar surface area (TPSA) is 128 Å². The second-order valence-electron chi connectivity index (χ2n) is 4.41. The highest BCUT2D eigenvalue weighted by Gasteiger charge is 2.13. The molecule has 2 aromatic rings. The second-order valence-corrected chi connectivity index (χ2v) is 6.06. The zero-order valence-electron chi connectivity index (χ0n) is 11.6. The molecule has 1 heterocycles. The Morgan fingerprint density at radius 3 is 2.70 bits per heavy atom. The van der Waals surface area contributed by atoms with Gasteiger partial charge in [-0.15, -0.1) is 0 Å². The first-order valence-corrected chi connectivity index (χ1v) is 7.69. The summed E-state index contributed by atoms with van der Waals surface area (Å²) in [7, 11) is 0. The maximum Gasteiger partial charge on any atom is 0.345 e. The third kappa shape index (κ3) is 3.96. The predicted octanol–water partition coefficient (Wildman–Crippen LogP) is 1.78. The number of aryl methyl sites for hydroxylation is 1. The maximum absolute atomic E-state index is 11.9. The van der Waals surface area contributed by atoms with Crippen LogP contribution in [0.5, 0.6) is 11.5 Å². The van der Waals surface area contributed by atoms with Crippen LogP contribution in [0, 0.1) is 6.92 Å². The van der Waals surface area contributed by atoms with E-state index in [4.69, 9.17) is 0 Å². The van der Waals surface area contributed by atoms with E-state index in [0.29, 0.717) is 10.2 Å². The van der Waals surface area contributed by atoms with E-state index < -0.39 is 11.6 Å². The summed E-state index contributed by atoms with van der Waals surface area (Å²) in [5, 5.41) is 23.2. The monoisotopic (exact) mass is 444 g/mol. The van der Waals surface area contributed by atoms with Crippen molar-refractivity contribution in [1.82, 2.24) is 15.4 Å². The number of nitrogens with zero attached hydrogens (tertiary/aromatic N) is 2. The van der Waals surface area contributed by atoms with Crippen molar-refractivity contribution in [3.63, 3.8) is 0 Å². The number of carbonyl (C=O) groups is 1. The summed E-state index contributed by atoms with van der Waals surface area (Å²) in [6.07, 6.45) is 1.18. The van der Waals surface area contributed by atoms with Gasteiger partial charge in [-0.25, -0.2) is 10.2 Å². The lowest BCUT2D eigenvalue weighted by molar-refractivity contribution is 0.0949. The van der Waals surface area contributed by atoms with Crippen molar-refractivity contribution in [2.24, 2.45) is 5.10 Å². The van der Waals surface area contributed by atoms with Crippen LogP contribution in [0.2, 0.25) is 0 Å². The van der Waals surface area contributed by atoms with Crippen molar-refractivity contribution in [2.45, 2.75) is 6.92 Å². The molecule has 120 valence electrons. The highest BCUT2D eigenvalue weighted by molar-refractivity contribution is 9.11. The number of carbonyl (C=O) groups excluding carboxylic acids is 1. The number of phenols is 2. The number of aromatic nitrogens is 2. The molecule has 2 rings (SSSR count). The molecule has 8 nitrogen and oxygen atoms in total. The Hall–Kier alpha value is -2.20. The van der Waals surface area contributed by atoms with Gasteiger partial charge in [0, 0.05) is 11.3 Å². The number of hydrogen-bond donors (Lipinski definition) is 4. The van der Waals surface area contributed by atoms with Gasteiger partial charge in [-0.3, -0.25) is 4.79 Å². The molecule has 1 amide bonds. The van der Waals surface area contributed by atoms with E-state index in [1.807, 2.05) is 0 Å². The Labute approximate surface area is 146 Å². The number of aromatic hydroxyl groups is 2. The van der Waals surface area contributed by atoms with Gasteiger partial charge in [-0.1, -0.05) is 0 Å². The number of phenolic OH excluding ortho intramolecular Hbond substituents is 2. The fourth-order valence-electron chi connectivity index (χ4n) is 1.63. The Morgan fingerprint density at radius 2 is 2.04 bits per heavy atom. The minimum atomic E-state index is -0.674. The van der Waals surface area contributed by atoms with Gasteiger partial charge in [-0.2, -0.15) is 10.1 Å². The summed E-state index contributed by atoms with van der Waals surface area (Å²) in [5.41, 5.74) is 2.21. The average molecular weight is 446 g/mol. The lowest BCUT2D eigenvalue weighted by atomic mass is 10.2. The van der Waals surface area contributed by atoms with Gasteiger partial charge in [0.15, 0.2) is 0 Å². The first kappa shape index (κ1) is 17.2. The molecule has 10 heteroatoms. The van der Waals surface area contributed by atoms with E-state index in [0.717, 1.165) is 0 Å². The number of halogens is 2. The molecule has 0 fully saturated rings. The van der Waals surface area contributed by atoms with Crippen LogP contribution in [0.15, 0.2) is 31.0 Å². The summed E-state index contributed by atoms with van der Waals surface area (Å²) in [6.45, 7) is 1.62. The molecule has 0 radical (unpaired) electrons. The standard InChI is InChI=1S/C13H10Br2N4O4/c1-5-2-8(18-13(23)17-5)12(22)19-16-4-6-3-7(14)11(21)9(15)10(6)20/h2-4,20-21H,1H3,(H,19,22)(H,17,18,23)/b16-4+. The van der Waals surface area contributed by atoms with Gasteiger partial charge in [0.1, 0.15) is 21.7 Å². The largest absolute Gasteiger partial charge is 0.506 e. The molecule has 0 aliphatic rings. The number of benzene rings is 1. The van der Waals surface area contributed by atoms with Gasteiger partial charge in [0.2, 0.25) is 0 Å². The molecule has 1 aromatic heterocycles. The Morgan fingerprint density at radius 1 is 1.35 bits per heavy atom. The van der Waals surface area contributed by atoms with E-state index >= 15 is 0 Å². The van der Waals surface area contributed by atoms with E-state index in [9.17, 15) is 19.8 Å². The van der Waals surface area contributed by atoms with E-state index in [-0.39, 0.29) is 27.2 Å². The zero-order valence-corrected chi connectivity index (χ0v) is 14.8. The van der Waals surface area contributed by atoms with E-state index in [2.05, 4.69) is 52.4 Å². The molecule has 0 saturated carbocycles. The molecule has 23 heavy (non-hydrogen) atoms. The molecule has 0 aliphatic heterocycles. The molecule has 0 aliphatic carbocycles. The fourth-order valence-corrected chi connectivity index (χ4v) is 2.78. The van der Waals surface area contributed by atoms with Gasteiger partial charge in [-0.05, 0) is 50.9 Å². The summed E-state index contributed by atoms with van der Waals surface area (Å²) in [4.78, 5) is 29.0. The first-order valence-electron chi connectivity index (χ1n) is 6.11. The molecule has 0 bridgehead atoms. The van der Waals surface area contributed by atoms with Gasteiger partial charge in [0.05, 0.1) is 10.7 Å². The van der Waals surface area contributed by atoms with Crippen LogP contribution in [0.4, 0.5) is 0 Å². The number of rotatable bonds is 3. The number of hydrogen-bond acceptors (Lipinski definition) is 6. The third-order valence-corrected chi connectivity index (χ3v) is 4.04. The predicted molar refractivity (Wildman–Crippen MR) is 89.8 cm³/mol. The third-order valence-electron chi connectivity index (χ3n) is 2.68. The second kappa shape index (κ2) is 6.92. The molecular formula is C13H10Br2N4O4. The van der Waals surface area contributed by atoms with Crippen LogP contribution >= 0.6 is 31.9 Å². The van der Waals surface area contributed by atoms with Crippen LogP contribution in [0.1, 0.15) is 21.7 Å². The Bertz CT molecular complexity index is 864. The molecule has 0 unspecified atom stereocenters. The van der Waals surface area contributed by atoms with Gasteiger partial charge in [0.25, 0.3) is 5.91 Å². The molecule has 4 N–H and O–H groups in total. The zero-order chi connectivity index (χ0) is 17.1. The SMILES string of the molecule is Cc1cc(C(=O)N/N=C/c2cc(Br)c(O)c(Br)c2O)nc(=O)[nH]1.